The van der Waals surface area contributed by atoms with E-state index in [-0.39, 0.29) is 11.1 Å². The lowest BCUT2D eigenvalue weighted by Crippen LogP contribution is -2.19. The summed E-state index contributed by atoms with van der Waals surface area (Å²) in [4.78, 5) is 31.2. The topological polar surface area (TPSA) is 95.1 Å². The first-order valence-electron chi connectivity index (χ1n) is 7.63. The molecule has 0 fully saturated rings. The fourth-order valence-corrected chi connectivity index (χ4v) is 2.82. The molecule has 0 saturated heterocycles. The van der Waals surface area contributed by atoms with Crippen LogP contribution in [0, 0.1) is 0 Å². The van der Waals surface area contributed by atoms with Gasteiger partial charge in [0.15, 0.2) is 0 Å². The first-order valence-corrected chi connectivity index (χ1v) is 7.63. The van der Waals surface area contributed by atoms with Crippen LogP contribution in [0.3, 0.4) is 0 Å². The van der Waals surface area contributed by atoms with Gasteiger partial charge < -0.3 is 4.98 Å². The molecule has 6 heteroatoms. The molecule has 0 aliphatic rings. The summed E-state index contributed by atoms with van der Waals surface area (Å²) in [7, 11) is 0. The van der Waals surface area contributed by atoms with E-state index in [0.717, 1.165) is 16.3 Å². The molecular weight excluding hydrogens is 318 g/mol. The van der Waals surface area contributed by atoms with Crippen LogP contribution in [0.2, 0.25) is 0 Å². The van der Waals surface area contributed by atoms with Gasteiger partial charge in [-0.1, -0.05) is 36.4 Å². The van der Waals surface area contributed by atoms with Crippen LogP contribution in [0.1, 0.15) is 10.4 Å². The van der Waals surface area contributed by atoms with Crippen LogP contribution < -0.4 is 11.0 Å². The molecule has 3 aromatic carbocycles. The third-order valence-electron chi connectivity index (χ3n) is 4.09. The Morgan fingerprint density at radius 3 is 2.60 bits per heavy atom. The van der Waals surface area contributed by atoms with Gasteiger partial charge in [-0.3, -0.25) is 14.8 Å². The average Bonchev–Trinajstić information content (AvgIpc) is 2.66. The van der Waals surface area contributed by atoms with Crippen LogP contribution in [0.5, 0.6) is 0 Å². The Kier molecular flexibility index (Phi) is 3.52. The maximum Gasteiger partial charge on any atom is 0.274 e. The highest BCUT2D eigenvalue weighted by Gasteiger charge is 2.10. The number of rotatable bonds is 2. The Balaban J connectivity index is 1.91. The SMILES string of the molecule is O=C(NO)c1ccc2c(=O)[nH]c(-c3ccc4ccccc4c3)nc2c1. The first kappa shape index (κ1) is 15.0. The van der Waals surface area contributed by atoms with Gasteiger partial charge in [0.1, 0.15) is 5.82 Å². The van der Waals surface area contributed by atoms with Crippen molar-refractivity contribution in [3.8, 4) is 11.4 Å². The molecule has 6 nitrogen and oxygen atoms in total. The molecule has 1 aromatic heterocycles. The Hall–Kier alpha value is -3.51. The molecule has 0 bridgehead atoms. The normalized spacial score (nSPS) is 10.9. The minimum Gasteiger partial charge on any atom is -0.306 e. The standard InChI is InChI=1S/C19H13N3O3/c23-18(22-25)14-7-8-15-16(10-14)20-17(21-19(15)24)13-6-5-11-3-1-2-4-12(11)9-13/h1-10,25H,(H,22,23)(H,20,21,24). The molecule has 4 aromatic rings. The number of aromatic nitrogens is 2. The summed E-state index contributed by atoms with van der Waals surface area (Å²) in [5.74, 6) is -0.235. The highest BCUT2D eigenvalue weighted by atomic mass is 16.5. The van der Waals surface area contributed by atoms with E-state index >= 15 is 0 Å². The van der Waals surface area contributed by atoms with Crippen molar-refractivity contribution in [3.63, 3.8) is 0 Å². The molecule has 0 atom stereocenters. The van der Waals surface area contributed by atoms with Crippen molar-refractivity contribution in [3.05, 3.63) is 76.6 Å². The lowest BCUT2D eigenvalue weighted by molar-refractivity contribution is 0.0706. The van der Waals surface area contributed by atoms with Crippen LogP contribution >= 0.6 is 0 Å². The van der Waals surface area contributed by atoms with Gasteiger partial charge in [0.05, 0.1) is 10.9 Å². The number of carbonyl (C=O) groups is 1. The van der Waals surface area contributed by atoms with Gasteiger partial charge in [-0.15, -0.1) is 0 Å². The van der Waals surface area contributed by atoms with E-state index in [4.69, 9.17) is 5.21 Å². The fourth-order valence-electron chi connectivity index (χ4n) is 2.82. The van der Waals surface area contributed by atoms with E-state index in [1.54, 1.807) is 5.48 Å². The van der Waals surface area contributed by atoms with Crippen LogP contribution in [-0.4, -0.2) is 21.1 Å². The molecule has 122 valence electrons. The van der Waals surface area contributed by atoms with Crippen molar-refractivity contribution in [1.29, 1.82) is 0 Å². The number of amides is 1. The van der Waals surface area contributed by atoms with E-state index < -0.39 is 5.91 Å². The zero-order chi connectivity index (χ0) is 17.4. The Labute approximate surface area is 141 Å². The molecule has 0 radical (unpaired) electrons. The van der Waals surface area contributed by atoms with Crippen LogP contribution in [0.15, 0.2) is 65.5 Å². The molecule has 0 aliphatic carbocycles. The largest absolute Gasteiger partial charge is 0.306 e. The molecule has 1 heterocycles. The lowest BCUT2D eigenvalue weighted by Gasteiger charge is -2.06. The van der Waals surface area contributed by atoms with Gasteiger partial charge in [-0.05, 0) is 35.0 Å². The summed E-state index contributed by atoms with van der Waals surface area (Å²) in [6.07, 6.45) is 0. The molecule has 1 amide bonds. The number of benzene rings is 3. The number of aromatic amines is 1. The third-order valence-corrected chi connectivity index (χ3v) is 4.09. The molecular formula is C19H13N3O3. The molecule has 0 unspecified atom stereocenters. The van der Waals surface area contributed by atoms with Crippen molar-refractivity contribution >= 4 is 27.6 Å². The first-order chi connectivity index (χ1) is 12.2. The van der Waals surface area contributed by atoms with Gasteiger partial charge >= 0.3 is 0 Å². The number of H-pyrrole nitrogens is 1. The van der Waals surface area contributed by atoms with Crippen molar-refractivity contribution in [2.45, 2.75) is 0 Å². The monoisotopic (exact) mass is 331 g/mol. The van der Waals surface area contributed by atoms with E-state index in [2.05, 4.69) is 9.97 Å². The van der Waals surface area contributed by atoms with Crippen molar-refractivity contribution in [2.24, 2.45) is 0 Å². The second kappa shape index (κ2) is 5.85. The van der Waals surface area contributed by atoms with Gasteiger partial charge in [0.2, 0.25) is 0 Å². The number of fused-ring (bicyclic) bond motifs is 2. The zero-order valence-electron chi connectivity index (χ0n) is 13.0. The maximum atomic E-state index is 12.3. The summed E-state index contributed by atoms with van der Waals surface area (Å²) in [6, 6.07) is 18.1. The van der Waals surface area contributed by atoms with Crippen molar-refractivity contribution in [2.75, 3.05) is 0 Å². The predicted octanol–water partition coefficient (Wildman–Crippen LogP) is 2.86. The maximum absolute atomic E-state index is 12.3. The molecule has 0 spiro atoms. The number of hydrogen-bond acceptors (Lipinski definition) is 4. The highest BCUT2D eigenvalue weighted by Crippen LogP contribution is 2.22. The summed E-state index contributed by atoms with van der Waals surface area (Å²) in [5, 5.41) is 11.3. The van der Waals surface area contributed by atoms with E-state index in [0.29, 0.717) is 16.7 Å². The van der Waals surface area contributed by atoms with Crippen molar-refractivity contribution in [1.82, 2.24) is 15.4 Å². The van der Waals surface area contributed by atoms with Gasteiger partial charge in [0.25, 0.3) is 11.5 Å². The summed E-state index contributed by atoms with van der Waals surface area (Å²) in [6.45, 7) is 0. The smallest absolute Gasteiger partial charge is 0.274 e. The highest BCUT2D eigenvalue weighted by molar-refractivity contribution is 5.97. The van der Waals surface area contributed by atoms with Crippen LogP contribution in [0.25, 0.3) is 33.1 Å². The van der Waals surface area contributed by atoms with Gasteiger partial charge in [-0.2, -0.15) is 0 Å². The Morgan fingerprint density at radius 1 is 1.00 bits per heavy atom. The minimum atomic E-state index is -0.656. The number of carbonyl (C=O) groups excluding carboxylic acids is 1. The van der Waals surface area contributed by atoms with E-state index in [1.165, 1.54) is 18.2 Å². The fraction of sp³-hybridized carbons (Fsp3) is 0. The number of hydroxylamine groups is 1. The van der Waals surface area contributed by atoms with Crippen LogP contribution in [0.4, 0.5) is 0 Å². The molecule has 25 heavy (non-hydrogen) atoms. The van der Waals surface area contributed by atoms with Crippen LogP contribution in [-0.2, 0) is 0 Å². The van der Waals surface area contributed by atoms with Gasteiger partial charge in [0, 0.05) is 11.1 Å². The lowest BCUT2D eigenvalue weighted by atomic mass is 10.1. The van der Waals surface area contributed by atoms with E-state index in [9.17, 15) is 9.59 Å². The quantitative estimate of drug-likeness (QED) is 0.389. The number of hydrogen-bond donors (Lipinski definition) is 3. The molecule has 3 N–H and O–H groups in total. The summed E-state index contributed by atoms with van der Waals surface area (Å²) in [5.41, 5.74) is 2.66. The zero-order valence-corrected chi connectivity index (χ0v) is 13.0. The number of nitrogens with one attached hydrogen (secondary N) is 2. The molecule has 0 saturated carbocycles. The minimum absolute atomic E-state index is 0.220. The second-order valence-electron chi connectivity index (χ2n) is 5.65. The Morgan fingerprint density at radius 2 is 1.80 bits per heavy atom. The Bertz CT molecular complexity index is 1180. The molecule has 0 aliphatic heterocycles. The summed E-state index contributed by atoms with van der Waals surface area (Å²) < 4.78 is 0. The molecule has 4 rings (SSSR count). The van der Waals surface area contributed by atoms with E-state index in [1.807, 2.05) is 42.5 Å². The summed E-state index contributed by atoms with van der Waals surface area (Å²) >= 11 is 0. The third kappa shape index (κ3) is 2.64. The number of nitrogens with zero attached hydrogens (tertiary/aromatic N) is 1. The van der Waals surface area contributed by atoms with Crippen molar-refractivity contribution < 1.29 is 10.0 Å². The van der Waals surface area contributed by atoms with Gasteiger partial charge in [-0.25, -0.2) is 10.5 Å². The average molecular weight is 331 g/mol. The predicted molar refractivity (Wildman–Crippen MR) is 94.6 cm³/mol. The second-order valence-corrected chi connectivity index (χ2v) is 5.65.